The number of hydrogen-bond donors (Lipinski definition) is 1. The SMILES string of the molecule is CCN1CCC(N(C)C(CN)CCCSC)CC1. The van der Waals surface area contributed by atoms with Gasteiger partial charge in [-0.3, -0.25) is 4.90 Å². The Labute approximate surface area is 117 Å². The molecule has 18 heavy (non-hydrogen) atoms. The first kappa shape index (κ1) is 16.3. The molecule has 0 saturated carbocycles. The molecular weight excluding hydrogens is 242 g/mol. The molecule has 1 saturated heterocycles. The van der Waals surface area contributed by atoms with Crippen LogP contribution in [-0.2, 0) is 0 Å². The van der Waals surface area contributed by atoms with Crippen LogP contribution >= 0.6 is 11.8 Å². The topological polar surface area (TPSA) is 32.5 Å². The Morgan fingerprint density at radius 2 is 2.06 bits per heavy atom. The van der Waals surface area contributed by atoms with Gasteiger partial charge in [0.15, 0.2) is 0 Å². The van der Waals surface area contributed by atoms with Gasteiger partial charge >= 0.3 is 0 Å². The summed E-state index contributed by atoms with van der Waals surface area (Å²) in [6.45, 7) is 6.78. The maximum Gasteiger partial charge on any atom is 0.0218 e. The van der Waals surface area contributed by atoms with Gasteiger partial charge in [-0.2, -0.15) is 11.8 Å². The lowest BCUT2D eigenvalue weighted by molar-refractivity contribution is 0.0972. The molecule has 2 N–H and O–H groups in total. The van der Waals surface area contributed by atoms with Gasteiger partial charge in [-0.15, -0.1) is 0 Å². The van der Waals surface area contributed by atoms with Gasteiger partial charge in [-0.1, -0.05) is 6.92 Å². The van der Waals surface area contributed by atoms with Crippen molar-refractivity contribution in [2.45, 2.75) is 44.7 Å². The summed E-state index contributed by atoms with van der Waals surface area (Å²) in [6.07, 6.45) is 7.34. The van der Waals surface area contributed by atoms with E-state index in [1.807, 2.05) is 11.8 Å². The van der Waals surface area contributed by atoms with Gasteiger partial charge in [-0.05, 0) is 64.4 Å². The van der Waals surface area contributed by atoms with Crippen LogP contribution in [0.15, 0.2) is 0 Å². The highest BCUT2D eigenvalue weighted by Gasteiger charge is 2.25. The smallest absolute Gasteiger partial charge is 0.0218 e. The van der Waals surface area contributed by atoms with Gasteiger partial charge in [0.2, 0.25) is 0 Å². The fourth-order valence-electron chi connectivity index (χ4n) is 2.89. The molecule has 0 aromatic carbocycles. The third-order valence-electron chi connectivity index (χ3n) is 4.31. The Balaban J connectivity index is 2.34. The molecule has 4 heteroatoms. The molecule has 0 aromatic rings. The number of nitrogens with zero attached hydrogens (tertiary/aromatic N) is 2. The van der Waals surface area contributed by atoms with E-state index in [9.17, 15) is 0 Å². The van der Waals surface area contributed by atoms with Crippen LogP contribution in [0.4, 0.5) is 0 Å². The van der Waals surface area contributed by atoms with Crippen molar-refractivity contribution in [1.29, 1.82) is 0 Å². The van der Waals surface area contributed by atoms with Crippen LogP contribution in [0.3, 0.4) is 0 Å². The highest BCUT2D eigenvalue weighted by atomic mass is 32.2. The lowest BCUT2D eigenvalue weighted by Crippen LogP contribution is -2.49. The van der Waals surface area contributed by atoms with Gasteiger partial charge < -0.3 is 10.6 Å². The lowest BCUT2D eigenvalue weighted by atomic mass is 10.0. The van der Waals surface area contributed by atoms with Crippen LogP contribution in [0.25, 0.3) is 0 Å². The predicted octanol–water partition coefficient (Wildman–Crippen LogP) is 1.87. The van der Waals surface area contributed by atoms with Crippen LogP contribution in [0.1, 0.15) is 32.6 Å². The second kappa shape index (κ2) is 9.18. The Hall–Kier alpha value is 0.230. The maximum atomic E-state index is 5.96. The minimum atomic E-state index is 0.579. The van der Waals surface area contributed by atoms with E-state index < -0.39 is 0 Å². The van der Waals surface area contributed by atoms with Crippen molar-refractivity contribution in [1.82, 2.24) is 9.80 Å². The monoisotopic (exact) mass is 273 g/mol. The average molecular weight is 273 g/mol. The maximum absolute atomic E-state index is 5.96. The first-order chi connectivity index (χ1) is 8.72. The molecule has 108 valence electrons. The molecule has 1 fully saturated rings. The molecule has 1 aliphatic rings. The third kappa shape index (κ3) is 5.08. The molecule has 0 bridgehead atoms. The van der Waals surface area contributed by atoms with E-state index in [1.165, 1.54) is 51.1 Å². The summed E-state index contributed by atoms with van der Waals surface area (Å²) in [5.41, 5.74) is 5.96. The minimum absolute atomic E-state index is 0.579. The fraction of sp³-hybridized carbons (Fsp3) is 1.00. The number of thioether (sulfide) groups is 1. The highest BCUT2D eigenvalue weighted by molar-refractivity contribution is 7.98. The van der Waals surface area contributed by atoms with Crippen molar-refractivity contribution in [3.63, 3.8) is 0 Å². The molecule has 0 aromatic heterocycles. The Morgan fingerprint density at radius 3 is 2.56 bits per heavy atom. The highest BCUT2D eigenvalue weighted by Crippen LogP contribution is 2.19. The molecule has 1 heterocycles. The number of piperidine rings is 1. The summed E-state index contributed by atoms with van der Waals surface area (Å²) in [5.74, 6) is 1.26. The summed E-state index contributed by atoms with van der Waals surface area (Å²) in [7, 11) is 2.28. The standard InChI is InChI=1S/C14H31N3S/c1-4-17-9-7-13(8-10-17)16(2)14(12-15)6-5-11-18-3/h13-14H,4-12,15H2,1-3H3. The number of nitrogens with two attached hydrogens (primary N) is 1. The second-order valence-corrected chi connectivity index (χ2v) is 6.34. The molecule has 0 aliphatic carbocycles. The summed E-state index contributed by atoms with van der Waals surface area (Å²) in [6, 6.07) is 1.32. The van der Waals surface area contributed by atoms with Crippen molar-refractivity contribution < 1.29 is 0 Å². The number of likely N-dealkylation sites (N-methyl/N-ethyl adjacent to an activating group) is 1. The predicted molar refractivity (Wildman–Crippen MR) is 83.4 cm³/mol. The van der Waals surface area contributed by atoms with E-state index in [1.54, 1.807) is 0 Å². The fourth-order valence-corrected chi connectivity index (χ4v) is 3.35. The van der Waals surface area contributed by atoms with Crippen LogP contribution in [0.2, 0.25) is 0 Å². The average Bonchev–Trinajstić information content (AvgIpc) is 2.43. The Morgan fingerprint density at radius 1 is 1.39 bits per heavy atom. The van der Waals surface area contributed by atoms with Crippen LogP contribution in [0, 0.1) is 0 Å². The molecule has 1 unspecified atom stereocenters. The summed E-state index contributed by atoms with van der Waals surface area (Å²) in [5, 5.41) is 0. The normalized spacial score (nSPS) is 20.5. The van der Waals surface area contributed by atoms with Gasteiger partial charge in [0.1, 0.15) is 0 Å². The first-order valence-corrected chi connectivity index (χ1v) is 8.75. The summed E-state index contributed by atoms with van der Waals surface area (Å²) >= 11 is 1.94. The van der Waals surface area contributed by atoms with Crippen molar-refractivity contribution in [2.24, 2.45) is 5.73 Å². The van der Waals surface area contributed by atoms with Crippen molar-refractivity contribution >= 4 is 11.8 Å². The number of rotatable bonds is 8. The zero-order chi connectivity index (χ0) is 13.4. The minimum Gasteiger partial charge on any atom is -0.329 e. The molecule has 0 radical (unpaired) electrons. The van der Waals surface area contributed by atoms with E-state index in [0.717, 1.165) is 12.6 Å². The molecule has 3 nitrogen and oxygen atoms in total. The van der Waals surface area contributed by atoms with Crippen LogP contribution in [0.5, 0.6) is 0 Å². The molecule has 0 spiro atoms. The molecule has 1 aliphatic heterocycles. The van der Waals surface area contributed by atoms with Crippen molar-refractivity contribution in [3.05, 3.63) is 0 Å². The zero-order valence-corrected chi connectivity index (χ0v) is 13.2. The van der Waals surface area contributed by atoms with E-state index in [2.05, 4.69) is 30.0 Å². The largest absolute Gasteiger partial charge is 0.329 e. The second-order valence-electron chi connectivity index (χ2n) is 5.36. The van der Waals surface area contributed by atoms with Crippen LogP contribution < -0.4 is 5.73 Å². The lowest BCUT2D eigenvalue weighted by Gasteiger charge is -2.40. The van der Waals surface area contributed by atoms with Crippen molar-refractivity contribution in [2.75, 3.05) is 45.2 Å². The Bertz CT molecular complexity index is 200. The zero-order valence-electron chi connectivity index (χ0n) is 12.4. The van der Waals surface area contributed by atoms with E-state index in [-0.39, 0.29) is 0 Å². The van der Waals surface area contributed by atoms with Gasteiger partial charge in [-0.25, -0.2) is 0 Å². The molecule has 1 atom stereocenters. The summed E-state index contributed by atoms with van der Waals surface area (Å²) in [4.78, 5) is 5.11. The van der Waals surface area contributed by atoms with Crippen LogP contribution in [-0.4, -0.2) is 67.1 Å². The van der Waals surface area contributed by atoms with E-state index in [4.69, 9.17) is 5.73 Å². The third-order valence-corrected chi connectivity index (χ3v) is 5.01. The summed E-state index contributed by atoms with van der Waals surface area (Å²) < 4.78 is 0. The number of likely N-dealkylation sites (tertiary alicyclic amines) is 1. The van der Waals surface area contributed by atoms with E-state index >= 15 is 0 Å². The van der Waals surface area contributed by atoms with Gasteiger partial charge in [0, 0.05) is 18.6 Å². The van der Waals surface area contributed by atoms with Gasteiger partial charge in [0.25, 0.3) is 0 Å². The first-order valence-electron chi connectivity index (χ1n) is 7.36. The van der Waals surface area contributed by atoms with E-state index in [0.29, 0.717) is 6.04 Å². The molecule has 0 amide bonds. The molecular formula is C14H31N3S. The van der Waals surface area contributed by atoms with Gasteiger partial charge in [0.05, 0.1) is 0 Å². The quantitative estimate of drug-likeness (QED) is 0.684. The van der Waals surface area contributed by atoms with Crippen molar-refractivity contribution in [3.8, 4) is 0 Å². The number of hydrogen-bond acceptors (Lipinski definition) is 4. The Kier molecular flexibility index (Phi) is 8.31. The molecule has 1 rings (SSSR count).